The third-order valence-electron chi connectivity index (χ3n) is 2.55. The molecule has 2 aromatic rings. The monoisotopic (exact) mass is 344 g/mol. The third kappa shape index (κ3) is 3.77. The van der Waals surface area contributed by atoms with Crippen LogP contribution in [0.1, 0.15) is 15.9 Å². The Morgan fingerprint density at radius 1 is 0.900 bits per heavy atom. The summed E-state index contributed by atoms with van der Waals surface area (Å²) in [6, 6.07) is 11.6. The molecular weight excluding hydrogens is 338 g/mol. The smallest absolute Gasteiger partial charge is 0.205 e. The molecule has 0 aliphatic heterocycles. The second-order valence-electron chi connectivity index (χ2n) is 4.00. The first-order valence-electron chi connectivity index (χ1n) is 5.60. The number of allylic oxidation sites excluding steroid dienone is 1. The number of benzene rings is 2. The van der Waals surface area contributed by atoms with Gasteiger partial charge in [-0.25, -0.2) is 0 Å². The molecule has 0 heterocycles. The van der Waals surface area contributed by atoms with E-state index >= 15 is 0 Å². The fraction of sp³-hybridized carbons (Fsp3) is 0. The lowest BCUT2D eigenvalue weighted by Gasteiger charge is -2.03. The molecule has 0 amide bonds. The van der Waals surface area contributed by atoms with E-state index in [2.05, 4.69) is 0 Å². The van der Waals surface area contributed by atoms with Gasteiger partial charge in [0.25, 0.3) is 0 Å². The molecule has 0 aliphatic rings. The summed E-state index contributed by atoms with van der Waals surface area (Å²) in [6.45, 7) is 0. The molecule has 20 heavy (non-hydrogen) atoms. The van der Waals surface area contributed by atoms with Crippen molar-refractivity contribution in [2.45, 2.75) is 0 Å². The van der Waals surface area contributed by atoms with Crippen molar-refractivity contribution in [3.05, 3.63) is 73.7 Å². The number of ketones is 1. The van der Waals surface area contributed by atoms with E-state index in [4.69, 9.17) is 46.4 Å². The molecule has 1 nitrogen and oxygen atoms in total. The molecule has 0 fully saturated rings. The number of carbonyl (C=O) groups is 1. The minimum Gasteiger partial charge on any atom is -0.288 e. The average molecular weight is 346 g/mol. The first kappa shape index (κ1) is 15.4. The maximum Gasteiger partial charge on any atom is 0.205 e. The predicted molar refractivity (Wildman–Crippen MR) is 86.1 cm³/mol. The summed E-state index contributed by atoms with van der Waals surface area (Å²) >= 11 is 23.7. The molecule has 0 spiro atoms. The zero-order valence-electron chi connectivity index (χ0n) is 10.0. The Labute approximate surface area is 136 Å². The molecule has 0 atom stereocenters. The maximum atomic E-state index is 12.2. The average Bonchev–Trinajstić information content (AvgIpc) is 2.43. The molecule has 102 valence electrons. The lowest BCUT2D eigenvalue weighted by atomic mass is 10.1. The summed E-state index contributed by atoms with van der Waals surface area (Å²) < 4.78 is 0. The van der Waals surface area contributed by atoms with Crippen LogP contribution in [0.5, 0.6) is 0 Å². The van der Waals surface area contributed by atoms with Crippen LogP contribution in [0, 0.1) is 0 Å². The summed E-state index contributed by atoms with van der Waals surface area (Å²) in [5.41, 5.74) is 1.04. The van der Waals surface area contributed by atoms with Crippen molar-refractivity contribution in [2.75, 3.05) is 0 Å². The first-order valence-corrected chi connectivity index (χ1v) is 7.11. The second kappa shape index (κ2) is 6.64. The Morgan fingerprint density at radius 2 is 1.50 bits per heavy atom. The minimum absolute atomic E-state index is 0.0523. The Kier molecular flexibility index (Phi) is 5.11. The molecule has 0 N–H and O–H groups in total. The Bertz CT molecular complexity index is 675. The number of rotatable bonds is 3. The molecule has 0 aromatic heterocycles. The Hall–Kier alpha value is -0.990. The summed E-state index contributed by atoms with van der Waals surface area (Å²) in [6.07, 6.45) is 1.55. The van der Waals surface area contributed by atoms with Crippen LogP contribution in [0.25, 0.3) is 6.08 Å². The quantitative estimate of drug-likeness (QED) is 0.484. The highest BCUT2D eigenvalue weighted by molar-refractivity contribution is 6.49. The van der Waals surface area contributed by atoms with E-state index in [0.29, 0.717) is 15.1 Å². The maximum absolute atomic E-state index is 12.2. The fourth-order valence-corrected chi connectivity index (χ4v) is 2.30. The fourth-order valence-electron chi connectivity index (χ4n) is 1.57. The molecule has 0 saturated heterocycles. The van der Waals surface area contributed by atoms with Gasteiger partial charge in [-0.2, -0.15) is 0 Å². The van der Waals surface area contributed by atoms with Gasteiger partial charge in [0, 0.05) is 15.6 Å². The van der Waals surface area contributed by atoms with Gasteiger partial charge in [0.1, 0.15) is 0 Å². The molecule has 0 aliphatic carbocycles. The molecule has 2 rings (SSSR count). The number of hydrogen-bond acceptors (Lipinski definition) is 1. The van der Waals surface area contributed by atoms with Crippen molar-refractivity contribution in [3.8, 4) is 0 Å². The van der Waals surface area contributed by atoms with Crippen LogP contribution in [-0.2, 0) is 0 Å². The lowest BCUT2D eigenvalue weighted by molar-refractivity contribution is 0.104. The van der Waals surface area contributed by atoms with Gasteiger partial charge in [-0.3, -0.25) is 4.79 Å². The van der Waals surface area contributed by atoms with Crippen molar-refractivity contribution in [3.63, 3.8) is 0 Å². The van der Waals surface area contributed by atoms with Crippen molar-refractivity contribution in [1.82, 2.24) is 0 Å². The van der Waals surface area contributed by atoms with Gasteiger partial charge < -0.3 is 0 Å². The Morgan fingerprint density at radius 3 is 2.15 bits per heavy atom. The second-order valence-corrected chi connectivity index (χ2v) is 5.68. The lowest BCUT2D eigenvalue weighted by Crippen LogP contribution is -2.00. The van der Waals surface area contributed by atoms with Crippen LogP contribution in [-0.4, -0.2) is 5.78 Å². The third-order valence-corrected chi connectivity index (χ3v) is 3.65. The largest absolute Gasteiger partial charge is 0.288 e. The van der Waals surface area contributed by atoms with Crippen LogP contribution in [0.4, 0.5) is 0 Å². The number of carbonyl (C=O) groups excluding carboxylic acids is 1. The van der Waals surface area contributed by atoms with Crippen molar-refractivity contribution >= 4 is 58.3 Å². The van der Waals surface area contributed by atoms with Gasteiger partial charge in [-0.1, -0.05) is 58.5 Å². The van der Waals surface area contributed by atoms with E-state index in [1.165, 1.54) is 6.07 Å². The number of hydrogen-bond donors (Lipinski definition) is 0. The van der Waals surface area contributed by atoms with Gasteiger partial charge in [0.05, 0.1) is 10.1 Å². The van der Waals surface area contributed by atoms with E-state index in [1.54, 1.807) is 42.5 Å². The molecule has 0 radical (unpaired) electrons. The summed E-state index contributed by atoms with van der Waals surface area (Å²) in [7, 11) is 0. The first-order chi connectivity index (χ1) is 9.47. The summed E-state index contributed by atoms with van der Waals surface area (Å²) in [5, 5.41) is 1.40. The topological polar surface area (TPSA) is 17.1 Å². The standard InChI is InChI=1S/C15H8Cl4O/c16-10-3-1-9(2-4-10)7-14(19)15(20)12-8-11(17)5-6-13(12)18/h1-8H. The van der Waals surface area contributed by atoms with E-state index in [1.807, 2.05) is 0 Å². The van der Waals surface area contributed by atoms with Crippen LogP contribution in [0.2, 0.25) is 15.1 Å². The van der Waals surface area contributed by atoms with Crippen LogP contribution < -0.4 is 0 Å². The van der Waals surface area contributed by atoms with E-state index in [-0.39, 0.29) is 16.4 Å². The molecule has 0 bridgehead atoms. The van der Waals surface area contributed by atoms with Gasteiger partial charge in [-0.15, -0.1) is 0 Å². The van der Waals surface area contributed by atoms with E-state index in [9.17, 15) is 4.79 Å². The normalized spacial score (nSPS) is 11.5. The van der Waals surface area contributed by atoms with Crippen molar-refractivity contribution in [1.29, 1.82) is 0 Å². The van der Waals surface area contributed by atoms with Gasteiger partial charge >= 0.3 is 0 Å². The summed E-state index contributed by atoms with van der Waals surface area (Å²) in [5.74, 6) is -0.380. The predicted octanol–water partition coefficient (Wildman–Crippen LogP) is 6.11. The molecular formula is C15H8Cl4O. The van der Waals surface area contributed by atoms with Crippen LogP contribution >= 0.6 is 46.4 Å². The van der Waals surface area contributed by atoms with Crippen LogP contribution in [0.3, 0.4) is 0 Å². The molecule has 5 heteroatoms. The summed E-state index contributed by atoms with van der Waals surface area (Å²) in [4.78, 5) is 12.2. The van der Waals surface area contributed by atoms with E-state index < -0.39 is 0 Å². The van der Waals surface area contributed by atoms with Crippen LogP contribution in [0.15, 0.2) is 47.5 Å². The molecule has 2 aromatic carbocycles. The highest BCUT2D eigenvalue weighted by Gasteiger charge is 2.14. The zero-order valence-corrected chi connectivity index (χ0v) is 13.1. The molecule has 0 unspecified atom stereocenters. The number of Topliss-reactive ketones (excluding diaryl/α,β-unsaturated/α-hetero) is 1. The number of halogens is 4. The van der Waals surface area contributed by atoms with Gasteiger partial charge in [0.2, 0.25) is 5.78 Å². The van der Waals surface area contributed by atoms with Crippen molar-refractivity contribution < 1.29 is 4.79 Å². The zero-order chi connectivity index (χ0) is 14.7. The van der Waals surface area contributed by atoms with Crippen molar-refractivity contribution in [2.24, 2.45) is 0 Å². The highest BCUT2D eigenvalue weighted by atomic mass is 35.5. The Balaban J connectivity index is 2.32. The van der Waals surface area contributed by atoms with Gasteiger partial charge in [-0.05, 0) is 42.0 Å². The minimum atomic E-state index is -0.380. The highest BCUT2D eigenvalue weighted by Crippen LogP contribution is 2.25. The SMILES string of the molecule is O=C(C(Cl)=Cc1ccc(Cl)cc1)c1cc(Cl)ccc1Cl. The van der Waals surface area contributed by atoms with Gasteiger partial charge in [0.15, 0.2) is 0 Å². The molecule has 0 saturated carbocycles. The van der Waals surface area contributed by atoms with E-state index in [0.717, 1.165) is 5.56 Å².